The fraction of sp³-hybridized carbons (Fsp3) is 0.611. The molecule has 0 aromatic heterocycles. The molecule has 1 aromatic rings. The van der Waals surface area contributed by atoms with E-state index in [1.165, 1.54) is 0 Å². The Hall–Kier alpha value is -1.07. The molecule has 0 bridgehead atoms. The van der Waals surface area contributed by atoms with Crippen molar-refractivity contribution in [2.75, 3.05) is 26.2 Å². The largest absolute Gasteiger partial charge is 0.490 e. The highest BCUT2D eigenvalue weighted by molar-refractivity contribution is 9.10. The highest BCUT2D eigenvalue weighted by Gasteiger charge is 2.25. The van der Waals surface area contributed by atoms with Gasteiger partial charge in [0.2, 0.25) is 0 Å². The minimum atomic E-state index is 0.0432. The summed E-state index contributed by atoms with van der Waals surface area (Å²) in [7, 11) is 0. The molecule has 0 atom stereocenters. The maximum absolute atomic E-state index is 12.8. The molecule has 0 unspecified atom stereocenters. The topological polar surface area (TPSA) is 41.6 Å². The molecule has 0 spiro atoms. The zero-order chi connectivity index (χ0) is 16.8. The van der Waals surface area contributed by atoms with E-state index in [-0.39, 0.29) is 12.0 Å². The van der Waals surface area contributed by atoms with Gasteiger partial charge in [0.15, 0.2) is 0 Å². The third-order valence-electron chi connectivity index (χ3n) is 4.12. The summed E-state index contributed by atoms with van der Waals surface area (Å²) in [6.45, 7) is 9.79. The number of carbonyl (C=O) groups excluding carboxylic acids is 1. The number of likely N-dealkylation sites (tertiary alicyclic amines) is 1. The summed E-state index contributed by atoms with van der Waals surface area (Å²) in [6.07, 6.45) is 2.17. The summed E-state index contributed by atoms with van der Waals surface area (Å²) < 4.78 is 6.75. The highest BCUT2D eigenvalue weighted by atomic mass is 79.9. The van der Waals surface area contributed by atoms with Crippen molar-refractivity contribution in [2.24, 2.45) is 5.92 Å². The van der Waals surface area contributed by atoms with Crippen LogP contribution in [0, 0.1) is 5.92 Å². The van der Waals surface area contributed by atoms with E-state index in [9.17, 15) is 4.79 Å². The molecule has 5 heteroatoms. The first kappa shape index (κ1) is 18.3. The molecule has 1 aliphatic heterocycles. The number of nitrogens with one attached hydrogen (secondary N) is 1. The van der Waals surface area contributed by atoms with Gasteiger partial charge in [-0.25, -0.2) is 0 Å². The lowest BCUT2D eigenvalue weighted by Gasteiger charge is -2.32. The smallest absolute Gasteiger partial charge is 0.257 e. The second kappa shape index (κ2) is 8.69. The molecule has 1 saturated heterocycles. The molecule has 0 aliphatic carbocycles. The Balaban J connectivity index is 2.03. The first-order chi connectivity index (χ1) is 11.0. The molecule has 0 radical (unpaired) electrons. The van der Waals surface area contributed by atoms with Crippen molar-refractivity contribution < 1.29 is 9.53 Å². The number of hydrogen-bond donors (Lipinski definition) is 1. The lowest BCUT2D eigenvalue weighted by molar-refractivity contribution is 0.0684. The van der Waals surface area contributed by atoms with Gasteiger partial charge >= 0.3 is 0 Å². The zero-order valence-corrected chi connectivity index (χ0v) is 15.9. The lowest BCUT2D eigenvalue weighted by Crippen LogP contribution is -2.41. The molecule has 1 N–H and O–H groups in total. The van der Waals surface area contributed by atoms with Gasteiger partial charge in [0.05, 0.1) is 11.7 Å². The van der Waals surface area contributed by atoms with Crippen LogP contribution in [-0.2, 0) is 0 Å². The fourth-order valence-corrected chi connectivity index (χ4v) is 3.22. The number of ether oxygens (including phenoxy) is 1. The van der Waals surface area contributed by atoms with Crippen LogP contribution in [0.15, 0.2) is 22.7 Å². The Bertz CT molecular complexity index is 526. The SMILES string of the molecule is CCNCC1CCN(C(=O)c2ccc(Br)cc2OC(C)C)CC1. The van der Waals surface area contributed by atoms with Crippen molar-refractivity contribution in [1.29, 1.82) is 0 Å². The summed E-state index contributed by atoms with van der Waals surface area (Å²) in [4.78, 5) is 14.8. The Labute approximate surface area is 147 Å². The van der Waals surface area contributed by atoms with Crippen molar-refractivity contribution in [3.63, 3.8) is 0 Å². The Morgan fingerprint density at radius 1 is 1.39 bits per heavy atom. The average molecular weight is 383 g/mol. The van der Waals surface area contributed by atoms with Crippen LogP contribution >= 0.6 is 15.9 Å². The first-order valence-corrected chi connectivity index (χ1v) is 9.26. The number of halogens is 1. The van der Waals surface area contributed by atoms with Gasteiger partial charge in [0.25, 0.3) is 5.91 Å². The van der Waals surface area contributed by atoms with Crippen molar-refractivity contribution >= 4 is 21.8 Å². The van der Waals surface area contributed by atoms with E-state index in [1.807, 2.05) is 36.9 Å². The molecule has 2 rings (SSSR count). The molecule has 1 amide bonds. The summed E-state index contributed by atoms with van der Waals surface area (Å²) in [6, 6.07) is 5.64. The predicted octanol–water partition coefficient (Wildman–Crippen LogP) is 3.70. The predicted molar refractivity (Wildman–Crippen MR) is 97.1 cm³/mol. The number of nitrogens with zero attached hydrogens (tertiary/aromatic N) is 1. The Morgan fingerprint density at radius 3 is 2.70 bits per heavy atom. The van der Waals surface area contributed by atoms with Crippen LogP contribution in [0.25, 0.3) is 0 Å². The molecule has 0 saturated carbocycles. The Kier molecular flexibility index (Phi) is 6.90. The van der Waals surface area contributed by atoms with Gasteiger partial charge in [0.1, 0.15) is 5.75 Å². The van der Waals surface area contributed by atoms with Crippen LogP contribution in [-0.4, -0.2) is 43.1 Å². The molecular weight excluding hydrogens is 356 g/mol. The molecule has 1 heterocycles. The molecule has 23 heavy (non-hydrogen) atoms. The van der Waals surface area contributed by atoms with E-state index in [0.717, 1.165) is 43.5 Å². The summed E-state index contributed by atoms with van der Waals surface area (Å²) in [5, 5.41) is 3.40. The van der Waals surface area contributed by atoms with Crippen LogP contribution in [0.2, 0.25) is 0 Å². The molecule has 1 aliphatic rings. The van der Waals surface area contributed by atoms with Gasteiger partial charge in [-0.15, -0.1) is 0 Å². The number of amides is 1. The standard InChI is InChI=1S/C18H27BrN2O2/c1-4-20-12-14-7-9-21(10-8-14)18(22)16-6-5-15(19)11-17(16)23-13(2)3/h5-6,11,13-14,20H,4,7-10,12H2,1-3H3. The summed E-state index contributed by atoms with van der Waals surface area (Å²) >= 11 is 3.45. The fourth-order valence-electron chi connectivity index (χ4n) is 2.88. The summed E-state index contributed by atoms with van der Waals surface area (Å²) in [5.74, 6) is 1.42. The van der Waals surface area contributed by atoms with E-state index in [2.05, 4.69) is 28.2 Å². The van der Waals surface area contributed by atoms with Gasteiger partial charge in [-0.1, -0.05) is 22.9 Å². The van der Waals surface area contributed by atoms with Crippen molar-refractivity contribution in [2.45, 2.75) is 39.7 Å². The van der Waals surface area contributed by atoms with Gasteiger partial charge in [0, 0.05) is 17.6 Å². The number of rotatable bonds is 6. The average Bonchev–Trinajstić information content (AvgIpc) is 2.52. The monoisotopic (exact) mass is 382 g/mol. The van der Waals surface area contributed by atoms with E-state index in [1.54, 1.807) is 0 Å². The third-order valence-corrected chi connectivity index (χ3v) is 4.61. The maximum Gasteiger partial charge on any atom is 0.257 e. The van der Waals surface area contributed by atoms with Gasteiger partial charge in [-0.2, -0.15) is 0 Å². The van der Waals surface area contributed by atoms with Crippen molar-refractivity contribution in [3.8, 4) is 5.75 Å². The normalized spacial score (nSPS) is 16.0. The van der Waals surface area contributed by atoms with E-state index < -0.39 is 0 Å². The van der Waals surface area contributed by atoms with Gasteiger partial charge in [-0.3, -0.25) is 4.79 Å². The molecule has 128 valence electrons. The molecular formula is C18H27BrN2O2. The quantitative estimate of drug-likeness (QED) is 0.815. The van der Waals surface area contributed by atoms with Crippen LogP contribution in [0.5, 0.6) is 5.75 Å². The number of carbonyl (C=O) groups is 1. The zero-order valence-electron chi connectivity index (χ0n) is 14.3. The van der Waals surface area contributed by atoms with Crippen LogP contribution < -0.4 is 10.1 Å². The van der Waals surface area contributed by atoms with Crippen LogP contribution in [0.3, 0.4) is 0 Å². The molecule has 1 fully saturated rings. The number of hydrogen-bond acceptors (Lipinski definition) is 3. The molecule has 1 aromatic carbocycles. The number of benzene rings is 1. The van der Waals surface area contributed by atoms with E-state index in [4.69, 9.17) is 4.74 Å². The highest BCUT2D eigenvalue weighted by Crippen LogP contribution is 2.27. The van der Waals surface area contributed by atoms with Gasteiger partial charge in [-0.05, 0) is 63.9 Å². The van der Waals surface area contributed by atoms with Crippen molar-refractivity contribution in [1.82, 2.24) is 10.2 Å². The van der Waals surface area contributed by atoms with Crippen LogP contribution in [0.1, 0.15) is 44.0 Å². The van der Waals surface area contributed by atoms with Crippen molar-refractivity contribution in [3.05, 3.63) is 28.2 Å². The second-order valence-electron chi connectivity index (χ2n) is 6.35. The third kappa shape index (κ3) is 5.21. The maximum atomic E-state index is 12.8. The molecule has 4 nitrogen and oxygen atoms in total. The van der Waals surface area contributed by atoms with Gasteiger partial charge < -0.3 is 15.0 Å². The minimum absolute atomic E-state index is 0.0432. The Morgan fingerprint density at radius 2 is 2.09 bits per heavy atom. The first-order valence-electron chi connectivity index (χ1n) is 8.47. The van der Waals surface area contributed by atoms with E-state index in [0.29, 0.717) is 17.2 Å². The second-order valence-corrected chi connectivity index (χ2v) is 7.27. The van der Waals surface area contributed by atoms with E-state index >= 15 is 0 Å². The minimum Gasteiger partial charge on any atom is -0.490 e. The number of piperidine rings is 1. The lowest BCUT2D eigenvalue weighted by atomic mass is 9.96. The summed E-state index contributed by atoms with van der Waals surface area (Å²) in [5.41, 5.74) is 0.659. The van der Waals surface area contributed by atoms with Crippen LogP contribution in [0.4, 0.5) is 0 Å².